The summed E-state index contributed by atoms with van der Waals surface area (Å²) >= 11 is 0. The summed E-state index contributed by atoms with van der Waals surface area (Å²) in [5.74, 6) is -1.23. The zero-order valence-electron chi connectivity index (χ0n) is 14.1. The molecule has 0 bridgehead atoms. The molecule has 0 saturated carbocycles. The molecule has 3 rings (SSSR count). The molecule has 0 saturated heterocycles. The molecule has 2 heterocycles. The van der Waals surface area contributed by atoms with Gasteiger partial charge in [0.05, 0.1) is 16.8 Å². The lowest BCUT2D eigenvalue weighted by Gasteiger charge is -2.10. The highest BCUT2D eigenvalue weighted by atomic mass is 19.4. The molecule has 0 aliphatic carbocycles. The Balaban J connectivity index is 1.92. The monoisotopic (exact) mass is 378 g/mol. The van der Waals surface area contributed by atoms with E-state index in [1.807, 2.05) is 0 Å². The van der Waals surface area contributed by atoms with Crippen LogP contribution in [0, 0.1) is 12.7 Å². The molecule has 0 fully saturated rings. The van der Waals surface area contributed by atoms with Crippen LogP contribution in [-0.2, 0) is 12.6 Å². The molecule has 5 nitrogen and oxygen atoms in total. The fourth-order valence-corrected chi connectivity index (χ4v) is 2.67. The van der Waals surface area contributed by atoms with Crippen molar-refractivity contribution in [3.8, 4) is 5.82 Å². The van der Waals surface area contributed by atoms with Gasteiger partial charge in [-0.15, -0.1) is 0 Å². The SMILES string of the molecule is Cc1nn(-c2cc(Cc3cc(F)cc(C(F)(F)F)c3)ccn2)cc1C(N)=O. The Hall–Kier alpha value is -3.23. The Morgan fingerprint density at radius 1 is 1.19 bits per heavy atom. The first-order valence-corrected chi connectivity index (χ1v) is 7.81. The number of amides is 1. The van der Waals surface area contributed by atoms with Gasteiger partial charge in [-0.3, -0.25) is 4.79 Å². The van der Waals surface area contributed by atoms with Crippen LogP contribution in [0.25, 0.3) is 5.82 Å². The topological polar surface area (TPSA) is 73.8 Å². The van der Waals surface area contributed by atoms with Crippen LogP contribution >= 0.6 is 0 Å². The van der Waals surface area contributed by atoms with E-state index in [9.17, 15) is 22.4 Å². The lowest BCUT2D eigenvalue weighted by Crippen LogP contribution is -2.11. The van der Waals surface area contributed by atoms with Gasteiger partial charge in [-0.1, -0.05) is 0 Å². The lowest BCUT2D eigenvalue weighted by molar-refractivity contribution is -0.137. The van der Waals surface area contributed by atoms with Crippen molar-refractivity contribution < 1.29 is 22.4 Å². The Kier molecular flexibility index (Phi) is 4.69. The van der Waals surface area contributed by atoms with Crippen LogP contribution in [0.5, 0.6) is 0 Å². The highest BCUT2D eigenvalue weighted by molar-refractivity contribution is 5.93. The Labute approximate surface area is 151 Å². The number of aryl methyl sites for hydroxylation is 1. The maximum atomic E-state index is 13.6. The number of benzene rings is 1. The minimum Gasteiger partial charge on any atom is -0.365 e. The van der Waals surface area contributed by atoms with Gasteiger partial charge in [0.15, 0.2) is 5.82 Å². The molecule has 3 aromatic rings. The first-order chi connectivity index (χ1) is 12.6. The van der Waals surface area contributed by atoms with E-state index in [1.165, 1.54) is 17.1 Å². The summed E-state index contributed by atoms with van der Waals surface area (Å²) in [6.45, 7) is 1.62. The highest BCUT2D eigenvalue weighted by Crippen LogP contribution is 2.31. The molecule has 0 aliphatic heterocycles. The smallest absolute Gasteiger partial charge is 0.365 e. The van der Waals surface area contributed by atoms with Gasteiger partial charge in [0.1, 0.15) is 5.82 Å². The summed E-state index contributed by atoms with van der Waals surface area (Å²) in [5, 5.41) is 4.16. The molecule has 2 N–H and O–H groups in total. The van der Waals surface area contributed by atoms with Crippen molar-refractivity contribution in [2.24, 2.45) is 5.73 Å². The number of aromatic nitrogens is 3. The van der Waals surface area contributed by atoms with E-state index in [-0.39, 0.29) is 17.5 Å². The third-order valence-corrected chi connectivity index (χ3v) is 3.90. The number of rotatable bonds is 4. The van der Waals surface area contributed by atoms with Crippen LogP contribution in [0.1, 0.15) is 32.7 Å². The Morgan fingerprint density at radius 3 is 2.56 bits per heavy atom. The van der Waals surface area contributed by atoms with E-state index in [2.05, 4.69) is 10.1 Å². The molecule has 1 amide bonds. The largest absolute Gasteiger partial charge is 0.416 e. The molecule has 0 radical (unpaired) electrons. The molecule has 27 heavy (non-hydrogen) atoms. The lowest BCUT2D eigenvalue weighted by atomic mass is 10.0. The van der Waals surface area contributed by atoms with Crippen molar-refractivity contribution >= 4 is 5.91 Å². The number of nitrogens with zero attached hydrogens (tertiary/aromatic N) is 3. The van der Waals surface area contributed by atoms with Crippen molar-refractivity contribution in [3.63, 3.8) is 0 Å². The van der Waals surface area contributed by atoms with Crippen molar-refractivity contribution in [2.75, 3.05) is 0 Å². The van der Waals surface area contributed by atoms with Crippen LogP contribution in [0.4, 0.5) is 17.6 Å². The maximum Gasteiger partial charge on any atom is 0.416 e. The summed E-state index contributed by atoms with van der Waals surface area (Å²) < 4.78 is 53.5. The van der Waals surface area contributed by atoms with Gasteiger partial charge in [-0.25, -0.2) is 14.1 Å². The molecular weight excluding hydrogens is 364 g/mol. The van der Waals surface area contributed by atoms with Gasteiger partial charge >= 0.3 is 6.18 Å². The van der Waals surface area contributed by atoms with Crippen LogP contribution in [0.3, 0.4) is 0 Å². The van der Waals surface area contributed by atoms with E-state index in [0.717, 1.165) is 12.1 Å². The minimum atomic E-state index is -4.63. The van der Waals surface area contributed by atoms with Crippen molar-refractivity contribution in [3.05, 3.63) is 76.5 Å². The van der Waals surface area contributed by atoms with Gasteiger partial charge in [-0.2, -0.15) is 18.3 Å². The predicted octanol–water partition coefficient (Wildman–Crippen LogP) is 3.42. The van der Waals surface area contributed by atoms with E-state index < -0.39 is 23.5 Å². The van der Waals surface area contributed by atoms with Crippen LogP contribution < -0.4 is 5.73 Å². The third kappa shape index (κ3) is 4.13. The molecule has 140 valence electrons. The predicted molar refractivity (Wildman–Crippen MR) is 88.8 cm³/mol. The average Bonchev–Trinajstić information content (AvgIpc) is 2.96. The quantitative estimate of drug-likeness (QED) is 0.707. The normalized spacial score (nSPS) is 11.6. The number of hydrogen-bond acceptors (Lipinski definition) is 3. The Bertz CT molecular complexity index is 1010. The number of alkyl halides is 3. The number of nitrogens with two attached hydrogens (primary N) is 1. The molecule has 9 heteroatoms. The van der Waals surface area contributed by atoms with E-state index >= 15 is 0 Å². The zero-order chi connectivity index (χ0) is 19.8. The summed E-state index contributed by atoms with van der Waals surface area (Å²) in [7, 11) is 0. The summed E-state index contributed by atoms with van der Waals surface area (Å²) in [4.78, 5) is 15.5. The second kappa shape index (κ2) is 6.82. The van der Waals surface area contributed by atoms with Gasteiger partial charge in [0.2, 0.25) is 0 Å². The summed E-state index contributed by atoms with van der Waals surface area (Å²) in [6.07, 6.45) is -1.68. The first-order valence-electron chi connectivity index (χ1n) is 7.81. The van der Waals surface area contributed by atoms with Gasteiger partial charge < -0.3 is 5.73 Å². The van der Waals surface area contributed by atoms with Gasteiger partial charge in [0.25, 0.3) is 5.91 Å². The molecule has 0 unspecified atom stereocenters. The minimum absolute atomic E-state index is 0.0687. The number of carbonyl (C=O) groups is 1. The second-order valence-corrected chi connectivity index (χ2v) is 5.98. The summed E-state index contributed by atoms with van der Waals surface area (Å²) in [6, 6.07) is 5.62. The maximum absolute atomic E-state index is 13.6. The van der Waals surface area contributed by atoms with E-state index in [1.54, 1.807) is 19.1 Å². The van der Waals surface area contributed by atoms with Crippen LogP contribution in [0.2, 0.25) is 0 Å². The van der Waals surface area contributed by atoms with Crippen LogP contribution in [0.15, 0.2) is 42.7 Å². The fourth-order valence-electron chi connectivity index (χ4n) is 2.67. The summed E-state index contributed by atoms with van der Waals surface area (Å²) in [5.41, 5.74) is 5.66. The number of primary amides is 1. The number of carbonyl (C=O) groups excluding carboxylic acids is 1. The number of halogens is 4. The van der Waals surface area contributed by atoms with E-state index in [0.29, 0.717) is 23.1 Å². The molecule has 0 atom stereocenters. The van der Waals surface area contributed by atoms with Crippen molar-refractivity contribution in [1.29, 1.82) is 0 Å². The zero-order valence-corrected chi connectivity index (χ0v) is 14.1. The molecule has 0 spiro atoms. The fraction of sp³-hybridized carbons (Fsp3) is 0.167. The molecule has 2 aromatic heterocycles. The first kappa shape index (κ1) is 18.6. The van der Waals surface area contributed by atoms with Crippen molar-refractivity contribution in [2.45, 2.75) is 19.5 Å². The molecule has 0 aliphatic rings. The van der Waals surface area contributed by atoms with Gasteiger partial charge in [-0.05, 0) is 54.8 Å². The molecular formula is C18H14F4N4O. The van der Waals surface area contributed by atoms with Crippen molar-refractivity contribution in [1.82, 2.24) is 14.8 Å². The Morgan fingerprint density at radius 2 is 1.93 bits per heavy atom. The molecule has 1 aromatic carbocycles. The highest BCUT2D eigenvalue weighted by Gasteiger charge is 2.31. The second-order valence-electron chi connectivity index (χ2n) is 5.98. The average molecular weight is 378 g/mol. The third-order valence-electron chi connectivity index (χ3n) is 3.90. The van der Waals surface area contributed by atoms with E-state index in [4.69, 9.17) is 5.73 Å². The number of hydrogen-bond donors (Lipinski definition) is 1. The standard InChI is InChI=1S/C18H14F4N4O/c1-10-15(17(23)27)9-26(25-10)16-7-11(2-3-24-16)4-12-5-13(18(20,21)22)8-14(19)6-12/h2-3,5-9H,4H2,1H3,(H2,23,27). The van der Waals surface area contributed by atoms with Gasteiger partial charge in [0, 0.05) is 12.4 Å². The number of pyridine rings is 1. The van der Waals surface area contributed by atoms with Crippen LogP contribution in [-0.4, -0.2) is 20.7 Å².